The van der Waals surface area contributed by atoms with E-state index in [9.17, 15) is 0 Å². The highest BCUT2D eigenvalue weighted by molar-refractivity contribution is 6.22. The quantitative estimate of drug-likeness (QED) is 0.160. The molecule has 10 aromatic carbocycles. The van der Waals surface area contributed by atoms with Crippen molar-refractivity contribution in [2.24, 2.45) is 0 Å². The number of para-hydroxylation sites is 1. The van der Waals surface area contributed by atoms with Crippen LogP contribution in [0.15, 0.2) is 217 Å². The van der Waals surface area contributed by atoms with Gasteiger partial charge < -0.3 is 9.32 Å². The minimum absolute atomic E-state index is 0.289. The second-order valence-electron chi connectivity index (χ2n) is 17.3. The van der Waals surface area contributed by atoms with Crippen molar-refractivity contribution < 1.29 is 4.42 Å². The first-order chi connectivity index (χ1) is 31.0. The maximum absolute atomic E-state index is 7.24. The van der Waals surface area contributed by atoms with E-state index in [1.165, 1.54) is 60.5 Å². The van der Waals surface area contributed by atoms with Gasteiger partial charge in [0.15, 0.2) is 5.58 Å². The Labute approximate surface area is 367 Å². The first kappa shape index (κ1) is 36.9. The van der Waals surface area contributed by atoms with E-state index in [1.54, 1.807) is 0 Å². The van der Waals surface area contributed by atoms with Crippen LogP contribution >= 0.6 is 0 Å². The summed E-state index contributed by atoms with van der Waals surface area (Å²) in [7, 11) is 0. The van der Waals surface area contributed by atoms with Gasteiger partial charge in [-0.3, -0.25) is 0 Å². The van der Waals surface area contributed by atoms with Crippen LogP contribution < -0.4 is 4.90 Å². The van der Waals surface area contributed by atoms with Crippen LogP contribution in [-0.2, 0) is 5.41 Å². The number of fused-ring (bicyclic) bond motifs is 9. The summed E-state index contributed by atoms with van der Waals surface area (Å²) in [6.07, 6.45) is 1.90. The summed E-state index contributed by atoms with van der Waals surface area (Å²) < 4.78 is 7.24. The SMILES string of the molecule is C=Cc1ccc(-c2ccccc2N(c2cccc3c2C(C)(C)c2ccccc2-3)c2cc(-c3cccc4cccc(-c5ccccc5)c34)cc3c2oc2ccc4ccccc4c23)cc1. The molecule has 1 heterocycles. The van der Waals surface area contributed by atoms with Gasteiger partial charge in [0, 0.05) is 21.8 Å². The van der Waals surface area contributed by atoms with Crippen molar-refractivity contribution in [1.29, 1.82) is 0 Å². The number of anilines is 3. The molecule has 0 aliphatic heterocycles. The zero-order valence-electron chi connectivity index (χ0n) is 35.3. The molecule has 0 saturated heterocycles. The molecule has 12 rings (SSSR count). The van der Waals surface area contributed by atoms with Crippen LogP contribution in [0.2, 0.25) is 0 Å². The Morgan fingerprint density at radius 1 is 0.444 bits per heavy atom. The van der Waals surface area contributed by atoms with Crippen LogP contribution in [0.1, 0.15) is 30.5 Å². The van der Waals surface area contributed by atoms with E-state index in [4.69, 9.17) is 4.42 Å². The number of benzene rings is 10. The zero-order valence-corrected chi connectivity index (χ0v) is 35.3. The van der Waals surface area contributed by atoms with Crippen molar-refractivity contribution in [1.82, 2.24) is 0 Å². The van der Waals surface area contributed by atoms with Gasteiger partial charge in [-0.05, 0) is 108 Å². The number of nitrogens with zero attached hydrogens (tertiary/aromatic N) is 1. The molecule has 0 bridgehead atoms. The molecule has 2 nitrogen and oxygen atoms in total. The third-order valence-electron chi connectivity index (χ3n) is 13.4. The van der Waals surface area contributed by atoms with Crippen LogP contribution in [0.4, 0.5) is 17.1 Å². The molecule has 298 valence electrons. The smallest absolute Gasteiger partial charge is 0.159 e. The maximum atomic E-state index is 7.24. The lowest BCUT2D eigenvalue weighted by Crippen LogP contribution is -2.21. The predicted molar refractivity (Wildman–Crippen MR) is 267 cm³/mol. The average Bonchev–Trinajstić information content (AvgIpc) is 3.84. The predicted octanol–water partition coefficient (Wildman–Crippen LogP) is 17.3. The summed E-state index contributed by atoms with van der Waals surface area (Å²) >= 11 is 0. The van der Waals surface area contributed by atoms with E-state index in [1.807, 2.05) is 6.08 Å². The number of furan rings is 1. The van der Waals surface area contributed by atoms with Gasteiger partial charge in [-0.1, -0.05) is 202 Å². The monoisotopic (exact) mass is 805 g/mol. The third kappa shape index (κ3) is 5.72. The molecule has 0 spiro atoms. The van der Waals surface area contributed by atoms with Crippen molar-refractivity contribution in [3.8, 4) is 44.5 Å². The van der Waals surface area contributed by atoms with Crippen LogP contribution in [0.25, 0.3) is 94.1 Å². The Balaban J connectivity index is 1.24. The summed E-state index contributed by atoms with van der Waals surface area (Å²) in [4.78, 5) is 2.50. The van der Waals surface area contributed by atoms with E-state index >= 15 is 0 Å². The Hall–Kier alpha value is -7.94. The molecule has 0 N–H and O–H groups in total. The fourth-order valence-corrected chi connectivity index (χ4v) is 10.5. The largest absolute Gasteiger partial charge is 0.454 e. The van der Waals surface area contributed by atoms with Crippen LogP contribution in [0, 0.1) is 0 Å². The molecule has 11 aromatic rings. The van der Waals surface area contributed by atoms with Gasteiger partial charge in [-0.25, -0.2) is 0 Å². The summed E-state index contributed by atoms with van der Waals surface area (Å²) in [5.41, 5.74) is 17.8. The Morgan fingerprint density at radius 2 is 1.06 bits per heavy atom. The van der Waals surface area contributed by atoms with E-state index in [2.05, 4.69) is 232 Å². The fourth-order valence-electron chi connectivity index (χ4n) is 10.5. The van der Waals surface area contributed by atoms with Gasteiger partial charge in [0.05, 0.1) is 17.1 Å². The van der Waals surface area contributed by atoms with Gasteiger partial charge in [-0.15, -0.1) is 0 Å². The van der Waals surface area contributed by atoms with Crippen molar-refractivity contribution in [2.45, 2.75) is 19.3 Å². The van der Waals surface area contributed by atoms with Crippen LogP contribution in [0.3, 0.4) is 0 Å². The van der Waals surface area contributed by atoms with Crippen LogP contribution in [-0.4, -0.2) is 0 Å². The van der Waals surface area contributed by atoms with Gasteiger partial charge >= 0.3 is 0 Å². The molecular weight excluding hydrogens is 763 g/mol. The number of hydrogen-bond acceptors (Lipinski definition) is 2. The Kier molecular flexibility index (Phi) is 8.39. The third-order valence-corrected chi connectivity index (χ3v) is 13.4. The normalized spacial score (nSPS) is 12.8. The van der Waals surface area contributed by atoms with E-state index in [0.717, 1.165) is 61.3 Å². The highest BCUT2D eigenvalue weighted by Crippen LogP contribution is 2.56. The molecular formula is C61H43NO. The molecule has 1 aromatic heterocycles. The summed E-state index contributed by atoms with van der Waals surface area (Å²) in [6, 6.07) is 75.2. The summed E-state index contributed by atoms with van der Waals surface area (Å²) in [5.74, 6) is 0. The second kappa shape index (κ2) is 14.3. The summed E-state index contributed by atoms with van der Waals surface area (Å²) in [5, 5.41) is 6.97. The zero-order chi connectivity index (χ0) is 42.2. The van der Waals surface area contributed by atoms with Gasteiger partial charge in [0.2, 0.25) is 0 Å². The van der Waals surface area contributed by atoms with Crippen molar-refractivity contribution >= 4 is 66.6 Å². The summed E-state index contributed by atoms with van der Waals surface area (Å²) in [6.45, 7) is 8.79. The molecule has 1 aliphatic carbocycles. The highest BCUT2D eigenvalue weighted by atomic mass is 16.3. The molecule has 1 aliphatic rings. The topological polar surface area (TPSA) is 16.4 Å². The van der Waals surface area contributed by atoms with Crippen molar-refractivity contribution in [3.63, 3.8) is 0 Å². The van der Waals surface area contributed by atoms with Crippen molar-refractivity contribution in [3.05, 3.63) is 230 Å². The van der Waals surface area contributed by atoms with Gasteiger partial charge in [0.25, 0.3) is 0 Å². The van der Waals surface area contributed by atoms with Gasteiger partial charge in [-0.2, -0.15) is 0 Å². The first-order valence-electron chi connectivity index (χ1n) is 21.8. The van der Waals surface area contributed by atoms with E-state index < -0.39 is 0 Å². The fraction of sp³-hybridized carbons (Fsp3) is 0.0492. The minimum atomic E-state index is -0.289. The molecule has 0 amide bonds. The highest BCUT2D eigenvalue weighted by Gasteiger charge is 2.39. The molecule has 0 saturated carbocycles. The molecule has 0 unspecified atom stereocenters. The maximum Gasteiger partial charge on any atom is 0.159 e. The Bertz CT molecular complexity index is 3600. The molecule has 0 radical (unpaired) electrons. The second-order valence-corrected chi connectivity index (χ2v) is 17.3. The van der Waals surface area contributed by atoms with Crippen LogP contribution in [0.5, 0.6) is 0 Å². The van der Waals surface area contributed by atoms with Gasteiger partial charge in [0.1, 0.15) is 5.58 Å². The first-order valence-corrected chi connectivity index (χ1v) is 21.8. The van der Waals surface area contributed by atoms with Crippen molar-refractivity contribution in [2.75, 3.05) is 4.90 Å². The lowest BCUT2D eigenvalue weighted by Gasteiger charge is -2.33. The number of rotatable bonds is 7. The lowest BCUT2D eigenvalue weighted by molar-refractivity contribution is 0.659. The molecule has 63 heavy (non-hydrogen) atoms. The lowest BCUT2D eigenvalue weighted by atomic mass is 9.81. The van der Waals surface area contributed by atoms with E-state index in [0.29, 0.717) is 0 Å². The standard InChI is InChI=1S/C61H43NO/c1-4-39-31-33-42(34-32-39)45-22-11-13-29-53(45)62(54-30-16-27-50-49-24-10-12-28-52(49)61(2,3)59(50)54)55-38-44(37-51-58-47-23-9-8-19-41(47)35-36-56(58)63-60(51)55)48-26-15-21-43-20-14-25-46(57(43)48)40-17-6-5-7-18-40/h4-38H,1H2,2-3H3. The Morgan fingerprint density at radius 3 is 1.87 bits per heavy atom. The molecule has 2 heteroatoms. The molecule has 0 fully saturated rings. The molecule has 0 atom stereocenters. The number of hydrogen-bond donors (Lipinski definition) is 0. The average molecular weight is 806 g/mol. The minimum Gasteiger partial charge on any atom is -0.454 e. The van der Waals surface area contributed by atoms with E-state index in [-0.39, 0.29) is 5.41 Å².